The van der Waals surface area contributed by atoms with E-state index in [9.17, 15) is 0 Å². The Morgan fingerprint density at radius 1 is 1.25 bits per heavy atom. The van der Waals surface area contributed by atoms with Crippen LogP contribution < -0.4 is 0 Å². The summed E-state index contributed by atoms with van der Waals surface area (Å²) < 4.78 is 0. The molecule has 0 spiro atoms. The zero-order valence-corrected chi connectivity index (χ0v) is 8.43. The van der Waals surface area contributed by atoms with E-state index in [0.29, 0.717) is 5.92 Å². The molecule has 1 aromatic rings. The van der Waals surface area contributed by atoms with Crippen molar-refractivity contribution in [3.05, 3.63) is 35.4 Å². The molecule has 0 aliphatic carbocycles. The molecule has 0 aliphatic rings. The van der Waals surface area contributed by atoms with E-state index < -0.39 is 0 Å². The molecule has 0 radical (unpaired) electrons. The highest BCUT2D eigenvalue weighted by atomic mass is 35.5. The van der Waals surface area contributed by atoms with Gasteiger partial charge in [-0.15, -0.1) is 11.6 Å². The van der Waals surface area contributed by atoms with Crippen LogP contribution in [0.2, 0.25) is 0 Å². The minimum Gasteiger partial charge on any atom is -0.126 e. The van der Waals surface area contributed by atoms with Gasteiger partial charge in [0, 0.05) is 5.88 Å². The molecular formula is C11H15Cl. The summed E-state index contributed by atoms with van der Waals surface area (Å²) in [6, 6.07) is 8.63. The summed E-state index contributed by atoms with van der Waals surface area (Å²) in [6.45, 7) is 4.28. The minimum absolute atomic E-state index is 0.521. The summed E-state index contributed by atoms with van der Waals surface area (Å²) in [5.41, 5.74) is 2.67. The predicted molar refractivity (Wildman–Crippen MR) is 54.9 cm³/mol. The van der Waals surface area contributed by atoms with Crippen LogP contribution in [-0.2, 0) is 0 Å². The van der Waals surface area contributed by atoms with Crippen molar-refractivity contribution in [2.45, 2.75) is 26.2 Å². The van der Waals surface area contributed by atoms with E-state index in [-0.39, 0.29) is 0 Å². The highest BCUT2D eigenvalue weighted by Crippen LogP contribution is 2.20. The van der Waals surface area contributed by atoms with Crippen molar-refractivity contribution in [1.29, 1.82) is 0 Å². The standard InChI is InChI=1S/C11H15Cl/c1-3-10(8-12)11-6-4-9(2)5-7-11/h4-7,10H,3,8H2,1-2H3. The van der Waals surface area contributed by atoms with Gasteiger partial charge in [-0.05, 0) is 24.8 Å². The van der Waals surface area contributed by atoms with E-state index in [1.807, 2.05) is 0 Å². The van der Waals surface area contributed by atoms with Crippen molar-refractivity contribution < 1.29 is 0 Å². The van der Waals surface area contributed by atoms with Crippen molar-refractivity contribution in [3.8, 4) is 0 Å². The third-order valence-corrected chi connectivity index (χ3v) is 2.60. The first-order valence-electron chi connectivity index (χ1n) is 4.40. The van der Waals surface area contributed by atoms with E-state index in [1.165, 1.54) is 11.1 Å². The summed E-state index contributed by atoms with van der Waals surface area (Å²) in [7, 11) is 0. The number of hydrogen-bond acceptors (Lipinski definition) is 0. The monoisotopic (exact) mass is 182 g/mol. The molecule has 1 atom stereocenters. The molecule has 1 unspecified atom stereocenters. The van der Waals surface area contributed by atoms with Gasteiger partial charge < -0.3 is 0 Å². The Morgan fingerprint density at radius 2 is 1.83 bits per heavy atom. The Bertz CT molecular complexity index is 221. The van der Waals surface area contributed by atoms with Gasteiger partial charge in [0.15, 0.2) is 0 Å². The molecule has 1 aromatic carbocycles. The van der Waals surface area contributed by atoms with Crippen LogP contribution in [0, 0.1) is 6.92 Å². The second-order valence-electron chi connectivity index (χ2n) is 3.17. The first kappa shape index (κ1) is 9.60. The minimum atomic E-state index is 0.521. The maximum absolute atomic E-state index is 5.84. The van der Waals surface area contributed by atoms with E-state index in [0.717, 1.165) is 12.3 Å². The molecule has 0 heterocycles. The van der Waals surface area contributed by atoms with Crippen LogP contribution in [0.25, 0.3) is 0 Å². The van der Waals surface area contributed by atoms with Gasteiger partial charge in [-0.1, -0.05) is 36.8 Å². The highest BCUT2D eigenvalue weighted by molar-refractivity contribution is 6.18. The molecule has 0 saturated carbocycles. The lowest BCUT2D eigenvalue weighted by Crippen LogP contribution is -1.98. The molecule has 0 aliphatic heterocycles. The maximum Gasteiger partial charge on any atom is 0.0292 e. The molecule has 0 aromatic heterocycles. The van der Waals surface area contributed by atoms with E-state index in [4.69, 9.17) is 11.6 Å². The molecule has 66 valence electrons. The highest BCUT2D eigenvalue weighted by Gasteiger charge is 2.06. The van der Waals surface area contributed by atoms with Crippen LogP contribution in [0.5, 0.6) is 0 Å². The number of rotatable bonds is 3. The zero-order valence-electron chi connectivity index (χ0n) is 7.68. The first-order valence-corrected chi connectivity index (χ1v) is 4.94. The summed E-state index contributed by atoms with van der Waals surface area (Å²) in [5.74, 6) is 1.24. The lowest BCUT2D eigenvalue weighted by Gasteiger charge is -2.11. The van der Waals surface area contributed by atoms with Crippen LogP contribution in [0.1, 0.15) is 30.4 Å². The topological polar surface area (TPSA) is 0 Å². The van der Waals surface area contributed by atoms with Gasteiger partial charge in [0.25, 0.3) is 0 Å². The van der Waals surface area contributed by atoms with Crippen LogP contribution in [-0.4, -0.2) is 5.88 Å². The molecule has 0 nitrogen and oxygen atoms in total. The molecule has 0 saturated heterocycles. The second-order valence-corrected chi connectivity index (χ2v) is 3.48. The second kappa shape index (κ2) is 4.51. The lowest BCUT2D eigenvalue weighted by atomic mass is 9.98. The van der Waals surface area contributed by atoms with Crippen LogP contribution in [0.4, 0.5) is 0 Å². The van der Waals surface area contributed by atoms with Gasteiger partial charge in [0.2, 0.25) is 0 Å². The number of benzene rings is 1. The summed E-state index contributed by atoms with van der Waals surface area (Å²) in [5, 5.41) is 0. The van der Waals surface area contributed by atoms with Gasteiger partial charge in [-0.25, -0.2) is 0 Å². The van der Waals surface area contributed by atoms with Crippen LogP contribution in [0.15, 0.2) is 24.3 Å². The summed E-state index contributed by atoms with van der Waals surface area (Å²) >= 11 is 5.84. The molecule has 0 N–H and O–H groups in total. The SMILES string of the molecule is CCC(CCl)c1ccc(C)cc1. The van der Waals surface area contributed by atoms with Crippen molar-refractivity contribution in [3.63, 3.8) is 0 Å². The van der Waals surface area contributed by atoms with Gasteiger partial charge in [-0.2, -0.15) is 0 Å². The molecule has 12 heavy (non-hydrogen) atoms. The van der Waals surface area contributed by atoms with Crippen molar-refractivity contribution >= 4 is 11.6 Å². The molecule has 1 rings (SSSR count). The van der Waals surface area contributed by atoms with E-state index in [2.05, 4.69) is 38.1 Å². The fraction of sp³-hybridized carbons (Fsp3) is 0.455. The third kappa shape index (κ3) is 2.25. The van der Waals surface area contributed by atoms with Crippen molar-refractivity contribution in [1.82, 2.24) is 0 Å². The third-order valence-electron chi connectivity index (χ3n) is 2.23. The predicted octanol–water partition coefficient (Wildman–Crippen LogP) is 3.73. The van der Waals surface area contributed by atoms with E-state index in [1.54, 1.807) is 0 Å². The van der Waals surface area contributed by atoms with Gasteiger partial charge in [0.05, 0.1) is 0 Å². The fourth-order valence-electron chi connectivity index (χ4n) is 1.27. The molecule has 0 fully saturated rings. The summed E-state index contributed by atoms with van der Waals surface area (Å²) in [4.78, 5) is 0. The van der Waals surface area contributed by atoms with Gasteiger partial charge in [0.1, 0.15) is 0 Å². The average molecular weight is 183 g/mol. The Hall–Kier alpha value is -0.490. The Morgan fingerprint density at radius 3 is 2.25 bits per heavy atom. The number of halogens is 1. The average Bonchev–Trinajstić information content (AvgIpc) is 2.10. The number of hydrogen-bond donors (Lipinski definition) is 0. The Kier molecular flexibility index (Phi) is 3.61. The van der Waals surface area contributed by atoms with Crippen LogP contribution in [0.3, 0.4) is 0 Å². The summed E-state index contributed by atoms with van der Waals surface area (Å²) in [6.07, 6.45) is 1.12. The fourth-order valence-corrected chi connectivity index (χ4v) is 1.67. The van der Waals surface area contributed by atoms with Gasteiger partial charge in [-0.3, -0.25) is 0 Å². The molecule has 1 heteroatoms. The van der Waals surface area contributed by atoms with Crippen LogP contribution >= 0.6 is 11.6 Å². The smallest absolute Gasteiger partial charge is 0.0292 e. The molecule has 0 bridgehead atoms. The normalized spacial score (nSPS) is 12.9. The number of aryl methyl sites for hydroxylation is 1. The quantitative estimate of drug-likeness (QED) is 0.625. The molecule has 0 amide bonds. The Labute approximate surface area is 79.6 Å². The van der Waals surface area contributed by atoms with Crippen molar-refractivity contribution in [2.75, 3.05) is 5.88 Å². The van der Waals surface area contributed by atoms with Gasteiger partial charge >= 0.3 is 0 Å². The zero-order chi connectivity index (χ0) is 8.97. The molecular weight excluding hydrogens is 168 g/mol. The largest absolute Gasteiger partial charge is 0.126 e. The lowest BCUT2D eigenvalue weighted by molar-refractivity contribution is 0.740. The maximum atomic E-state index is 5.84. The van der Waals surface area contributed by atoms with Crippen molar-refractivity contribution in [2.24, 2.45) is 0 Å². The first-order chi connectivity index (χ1) is 5.77. The number of alkyl halides is 1. The van der Waals surface area contributed by atoms with E-state index >= 15 is 0 Å². The Balaban J connectivity index is 2.80.